The van der Waals surface area contributed by atoms with Crippen LogP contribution in [0, 0.1) is 0 Å². The topological polar surface area (TPSA) is 44.6 Å². The first-order chi connectivity index (χ1) is 7.64. The van der Waals surface area contributed by atoms with E-state index in [0.717, 1.165) is 18.2 Å². The first kappa shape index (κ1) is 15.4. The lowest BCUT2D eigenvalue weighted by Crippen LogP contribution is -3.02. The highest BCUT2D eigenvalue weighted by Crippen LogP contribution is 2.29. The third kappa shape index (κ3) is 6.57. The number of alkyl halides is 3. The van der Waals surface area contributed by atoms with E-state index >= 15 is 0 Å². The van der Waals surface area contributed by atoms with Crippen molar-refractivity contribution in [1.82, 2.24) is 0 Å². The van der Waals surface area contributed by atoms with Crippen molar-refractivity contribution in [2.45, 2.75) is 6.18 Å². The number of hydrogen-bond donors (Lipinski definition) is 1. The van der Waals surface area contributed by atoms with E-state index < -0.39 is 23.3 Å². The monoisotopic (exact) mass is 249 g/mol. The number of carbonyl (C=O) groups excluding carboxylic acids is 1. The predicted octanol–water partition coefficient (Wildman–Crippen LogP) is -0.170. The molecule has 1 rings (SSSR count). The van der Waals surface area contributed by atoms with Gasteiger partial charge in [0.25, 0.3) is 0 Å². The van der Waals surface area contributed by atoms with Crippen LogP contribution in [0.25, 0.3) is 0 Å². The van der Waals surface area contributed by atoms with Gasteiger partial charge in [0.2, 0.25) is 0 Å². The SMILES string of the molecule is C[NH+](C)C.O=C([O-])c1cccc(C(F)(F)F)c1. The van der Waals surface area contributed by atoms with E-state index in [2.05, 4.69) is 21.1 Å². The number of carboxylic acid groups (broad SMARTS) is 1. The molecule has 0 spiro atoms. The predicted molar refractivity (Wildman–Crippen MR) is 54.5 cm³/mol. The van der Waals surface area contributed by atoms with Gasteiger partial charge in [-0.25, -0.2) is 0 Å². The molecule has 0 bridgehead atoms. The quantitative estimate of drug-likeness (QED) is 0.751. The van der Waals surface area contributed by atoms with E-state index in [4.69, 9.17) is 0 Å². The number of nitrogens with one attached hydrogen (secondary N) is 1. The van der Waals surface area contributed by atoms with E-state index in [-0.39, 0.29) is 0 Å². The molecule has 96 valence electrons. The Kier molecular flexibility index (Phi) is 5.67. The molecule has 1 aromatic carbocycles. The summed E-state index contributed by atoms with van der Waals surface area (Å²) in [6.45, 7) is 0. The molecule has 0 aliphatic heterocycles. The molecule has 3 nitrogen and oxygen atoms in total. The molecular formula is C11H14F3NO2. The lowest BCUT2D eigenvalue weighted by Gasteiger charge is -2.08. The van der Waals surface area contributed by atoms with Crippen molar-refractivity contribution in [3.05, 3.63) is 35.4 Å². The van der Waals surface area contributed by atoms with Crippen molar-refractivity contribution in [1.29, 1.82) is 0 Å². The summed E-state index contributed by atoms with van der Waals surface area (Å²) >= 11 is 0. The highest BCUT2D eigenvalue weighted by molar-refractivity contribution is 5.85. The summed E-state index contributed by atoms with van der Waals surface area (Å²) in [6, 6.07) is 3.40. The number of aromatic carboxylic acids is 1. The smallest absolute Gasteiger partial charge is 0.416 e. The molecule has 0 saturated carbocycles. The van der Waals surface area contributed by atoms with Crippen molar-refractivity contribution in [3.63, 3.8) is 0 Å². The summed E-state index contributed by atoms with van der Waals surface area (Å²) < 4.78 is 36.1. The van der Waals surface area contributed by atoms with Crippen LogP contribution in [0.15, 0.2) is 24.3 Å². The molecule has 1 N–H and O–H groups in total. The fourth-order valence-electron chi connectivity index (χ4n) is 0.822. The first-order valence-electron chi connectivity index (χ1n) is 4.80. The van der Waals surface area contributed by atoms with Crippen molar-refractivity contribution in [2.75, 3.05) is 21.1 Å². The van der Waals surface area contributed by atoms with Crippen molar-refractivity contribution < 1.29 is 28.0 Å². The molecule has 0 aromatic heterocycles. The van der Waals surface area contributed by atoms with Crippen LogP contribution in [0.4, 0.5) is 13.2 Å². The highest BCUT2D eigenvalue weighted by atomic mass is 19.4. The Morgan fingerprint density at radius 1 is 1.24 bits per heavy atom. The van der Waals surface area contributed by atoms with Gasteiger partial charge in [0, 0.05) is 0 Å². The van der Waals surface area contributed by atoms with Crippen LogP contribution in [0.3, 0.4) is 0 Å². The Morgan fingerprint density at radius 3 is 2.06 bits per heavy atom. The fraction of sp³-hybridized carbons (Fsp3) is 0.364. The van der Waals surface area contributed by atoms with Gasteiger partial charge in [0.1, 0.15) is 0 Å². The molecule has 17 heavy (non-hydrogen) atoms. The van der Waals surface area contributed by atoms with Gasteiger partial charge in [-0.05, 0) is 17.7 Å². The van der Waals surface area contributed by atoms with Crippen LogP contribution < -0.4 is 10.0 Å². The summed E-state index contributed by atoms with van der Waals surface area (Å²) in [7, 11) is 6.25. The number of carbonyl (C=O) groups is 1. The Morgan fingerprint density at radius 2 is 1.71 bits per heavy atom. The van der Waals surface area contributed by atoms with Gasteiger partial charge >= 0.3 is 6.18 Å². The molecule has 0 saturated heterocycles. The summed E-state index contributed by atoms with van der Waals surface area (Å²) in [4.78, 5) is 11.6. The molecule has 6 heteroatoms. The van der Waals surface area contributed by atoms with Gasteiger partial charge in [-0.2, -0.15) is 13.2 Å². The number of hydrogen-bond acceptors (Lipinski definition) is 2. The van der Waals surface area contributed by atoms with E-state index in [9.17, 15) is 23.1 Å². The molecule has 0 aliphatic carbocycles. The van der Waals surface area contributed by atoms with Gasteiger partial charge in [-0.15, -0.1) is 0 Å². The number of quaternary nitrogens is 1. The Labute approximate surface area is 97.5 Å². The van der Waals surface area contributed by atoms with Crippen LogP contribution in [-0.4, -0.2) is 27.1 Å². The normalized spacial score (nSPS) is 10.8. The maximum atomic E-state index is 12.0. The van der Waals surface area contributed by atoms with Gasteiger partial charge in [0.05, 0.1) is 32.7 Å². The molecule has 0 amide bonds. The van der Waals surface area contributed by atoms with E-state index in [1.165, 1.54) is 4.90 Å². The number of halogens is 3. The van der Waals surface area contributed by atoms with Crippen LogP contribution in [0.2, 0.25) is 0 Å². The van der Waals surface area contributed by atoms with Crippen molar-refractivity contribution >= 4 is 5.97 Å². The third-order valence-corrected chi connectivity index (χ3v) is 1.43. The lowest BCUT2D eigenvalue weighted by atomic mass is 10.1. The Hall–Kier alpha value is -1.56. The number of rotatable bonds is 1. The zero-order valence-corrected chi connectivity index (χ0v) is 9.76. The summed E-state index contributed by atoms with van der Waals surface area (Å²) in [6.07, 6.45) is -4.52. The summed E-state index contributed by atoms with van der Waals surface area (Å²) in [5.41, 5.74) is -1.47. The minimum absolute atomic E-state index is 0.477. The second-order valence-corrected chi connectivity index (χ2v) is 3.87. The number of carboxylic acids is 1. The highest BCUT2D eigenvalue weighted by Gasteiger charge is 2.30. The summed E-state index contributed by atoms with van der Waals surface area (Å²) in [5.74, 6) is -1.62. The third-order valence-electron chi connectivity index (χ3n) is 1.43. The van der Waals surface area contributed by atoms with E-state index in [1.807, 2.05) is 0 Å². The molecule has 0 heterocycles. The van der Waals surface area contributed by atoms with E-state index in [1.54, 1.807) is 0 Å². The molecule has 0 atom stereocenters. The van der Waals surface area contributed by atoms with Crippen molar-refractivity contribution in [3.8, 4) is 0 Å². The average Bonchev–Trinajstić information content (AvgIpc) is 2.15. The largest absolute Gasteiger partial charge is 0.545 e. The van der Waals surface area contributed by atoms with Gasteiger partial charge < -0.3 is 14.8 Å². The Bertz CT molecular complexity index is 372. The van der Waals surface area contributed by atoms with Crippen LogP contribution in [0.1, 0.15) is 15.9 Å². The van der Waals surface area contributed by atoms with Crippen LogP contribution >= 0.6 is 0 Å². The number of benzene rings is 1. The minimum Gasteiger partial charge on any atom is -0.545 e. The van der Waals surface area contributed by atoms with Gasteiger partial charge in [-0.3, -0.25) is 0 Å². The van der Waals surface area contributed by atoms with Gasteiger partial charge in [-0.1, -0.05) is 12.1 Å². The molecule has 0 fully saturated rings. The van der Waals surface area contributed by atoms with Crippen molar-refractivity contribution in [2.24, 2.45) is 0 Å². The molecule has 0 aliphatic rings. The maximum Gasteiger partial charge on any atom is 0.416 e. The zero-order valence-electron chi connectivity index (χ0n) is 9.76. The lowest BCUT2D eigenvalue weighted by molar-refractivity contribution is -0.836. The molecule has 0 unspecified atom stereocenters. The van der Waals surface area contributed by atoms with Crippen LogP contribution in [-0.2, 0) is 6.18 Å². The zero-order chi connectivity index (χ0) is 13.6. The molecule has 0 radical (unpaired) electrons. The summed E-state index contributed by atoms with van der Waals surface area (Å²) in [5, 5.41) is 10.2. The van der Waals surface area contributed by atoms with Gasteiger partial charge in [0.15, 0.2) is 0 Å². The average molecular weight is 249 g/mol. The Balaban J connectivity index is 0.000000557. The second-order valence-electron chi connectivity index (χ2n) is 3.87. The first-order valence-corrected chi connectivity index (χ1v) is 4.80. The standard InChI is InChI=1S/C8H5F3O2.C3H9N/c9-8(10,11)6-3-1-2-5(4-6)7(12)13;1-4(2)3/h1-4H,(H,12,13);1-3H3. The van der Waals surface area contributed by atoms with Crippen LogP contribution in [0.5, 0.6) is 0 Å². The minimum atomic E-state index is -4.52. The maximum absolute atomic E-state index is 12.0. The van der Waals surface area contributed by atoms with E-state index in [0.29, 0.717) is 6.07 Å². The second kappa shape index (κ2) is 6.24. The molecule has 1 aromatic rings. The molecular weight excluding hydrogens is 235 g/mol. The fourth-order valence-corrected chi connectivity index (χ4v) is 0.822.